The molecule has 0 bridgehead atoms. The summed E-state index contributed by atoms with van der Waals surface area (Å²) >= 11 is 0. The van der Waals surface area contributed by atoms with Crippen LogP contribution in [-0.2, 0) is 16.6 Å². The van der Waals surface area contributed by atoms with E-state index in [1.165, 1.54) is 30.7 Å². The second-order valence-electron chi connectivity index (χ2n) is 8.54. The fraction of sp³-hybridized carbons (Fsp3) is 0.348. The number of ether oxygens (including phenoxy) is 1. The van der Waals surface area contributed by atoms with Crippen molar-refractivity contribution in [3.8, 4) is 5.88 Å². The van der Waals surface area contributed by atoms with Crippen LogP contribution in [-0.4, -0.2) is 36.4 Å². The van der Waals surface area contributed by atoms with E-state index in [0.29, 0.717) is 11.7 Å². The van der Waals surface area contributed by atoms with Crippen molar-refractivity contribution in [1.29, 1.82) is 0 Å². The summed E-state index contributed by atoms with van der Waals surface area (Å²) in [5, 5.41) is -0.318. The topological polar surface area (TPSA) is 115 Å². The van der Waals surface area contributed by atoms with E-state index in [9.17, 15) is 13.2 Å². The predicted octanol–water partition coefficient (Wildman–Crippen LogP) is 3.39. The minimum Gasteiger partial charge on any atom is -0.473 e. The van der Waals surface area contributed by atoms with Gasteiger partial charge in [0.2, 0.25) is 5.88 Å². The Morgan fingerprint density at radius 1 is 1.27 bits per heavy atom. The quantitative estimate of drug-likeness (QED) is 0.559. The molecule has 1 atom stereocenters. The van der Waals surface area contributed by atoms with Gasteiger partial charge in [0, 0.05) is 29.9 Å². The number of hydrogen-bond acceptors (Lipinski definition) is 8. The summed E-state index contributed by atoms with van der Waals surface area (Å²) in [5.41, 5.74) is 0.752. The molecule has 0 saturated carbocycles. The van der Waals surface area contributed by atoms with Crippen LogP contribution in [0.15, 0.2) is 64.6 Å². The summed E-state index contributed by atoms with van der Waals surface area (Å²) in [5.74, 6) is 0.208. The molecule has 9 nitrogen and oxygen atoms in total. The molecule has 4 heterocycles. The van der Waals surface area contributed by atoms with Gasteiger partial charge in [0.15, 0.2) is 5.03 Å². The van der Waals surface area contributed by atoms with Gasteiger partial charge in [-0.1, -0.05) is 13.0 Å². The highest BCUT2D eigenvalue weighted by atomic mass is 32.2. The van der Waals surface area contributed by atoms with Crippen LogP contribution in [0.4, 0.5) is 5.82 Å². The number of anilines is 1. The zero-order valence-corrected chi connectivity index (χ0v) is 19.5. The standard InChI is InChI=1S/C23H26N4O5S/c1-16-9-12-27(23(16,2)3)21-18(6-5-11-24-21)22(28)26-33(29,30)20-8-4-7-19(25-20)32-15-17-10-13-31-14-17/h4-8,10-11,13-14,16H,9,12,15H2,1-3H3,(H,26,28). The van der Waals surface area contributed by atoms with E-state index in [0.717, 1.165) is 18.5 Å². The van der Waals surface area contributed by atoms with Crippen molar-refractivity contribution in [2.75, 3.05) is 11.4 Å². The molecule has 1 amide bonds. The highest BCUT2D eigenvalue weighted by Gasteiger charge is 2.40. The van der Waals surface area contributed by atoms with Gasteiger partial charge in [-0.15, -0.1) is 0 Å². The first-order chi connectivity index (χ1) is 15.7. The summed E-state index contributed by atoms with van der Waals surface area (Å²) in [6.45, 7) is 7.24. The number of amides is 1. The molecule has 10 heteroatoms. The molecule has 1 unspecified atom stereocenters. The normalized spacial score (nSPS) is 17.7. The number of carbonyl (C=O) groups excluding carboxylic acids is 1. The first-order valence-corrected chi connectivity index (χ1v) is 12.1. The Hall–Kier alpha value is -3.40. The average Bonchev–Trinajstić information content (AvgIpc) is 3.40. The number of aromatic nitrogens is 2. The van der Waals surface area contributed by atoms with Crippen LogP contribution in [0.5, 0.6) is 5.88 Å². The zero-order chi connectivity index (χ0) is 23.6. The smallest absolute Gasteiger partial charge is 0.281 e. The maximum absolute atomic E-state index is 13.0. The van der Waals surface area contributed by atoms with Crippen LogP contribution in [0.2, 0.25) is 0 Å². The summed E-state index contributed by atoms with van der Waals surface area (Å²) in [6, 6.07) is 9.26. The molecule has 3 aromatic rings. The Morgan fingerprint density at radius 2 is 2.09 bits per heavy atom. The molecular formula is C23H26N4O5S. The third-order valence-electron chi connectivity index (χ3n) is 6.14. The lowest BCUT2D eigenvalue weighted by Gasteiger charge is -2.36. The lowest BCUT2D eigenvalue weighted by molar-refractivity contribution is 0.0981. The Morgan fingerprint density at radius 3 is 2.79 bits per heavy atom. The maximum atomic E-state index is 13.0. The van der Waals surface area contributed by atoms with Crippen LogP contribution in [0.1, 0.15) is 43.1 Å². The molecule has 1 aliphatic heterocycles. The summed E-state index contributed by atoms with van der Waals surface area (Å²) in [4.78, 5) is 23.5. The average molecular weight is 471 g/mol. The molecule has 1 fully saturated rings. The van der Waals surface area contributed by atoms with E-state index >= 15 is 0 Å². The van der Waals surface area contributed by atoms with Gasteiger partial charge >= 0.3 is 0 Å². The van der Waals surface area contributed by atoms with Crippen molar-refractivity contribution < 1.29 is 22.4 Å². The largest absolute Gasteiger partial charge is 0.473 e. The number of rotatable bonds is 7. The summed E-state index contributed by atoms with van der Waals surface area (Å²) < 4.78 is 38.5. The first kappa shape index (κ1) is 22.8. The number of nitrogens with zero attached hydrogens (tertiary/aromatic N) is 3. The number of furan rings is 1. The fourth-order valence-corrected chi connectivity index (χ4v) is 4.71. The lowest BCUT2D eigenvalue weighted by atomic mass is 9.90. The number of carbonyl (C=O) groups is 1. The van der Waals surface area contributed by atoms with Gasteiger partial charge in [-0.25, -0.2) is 9.71 Å². The first-order valence-electron chi connectivity index (χ1n) is 10.6. The molecule has 0 aliphatic carbocycles. The van der Waals surface area contributed by atoms with E-state index < -0.39 is 15.9 Å². The summed E-state index contributed by atoms with van der Waals surface area (Å²) in [6.07, 6.45) is 5.59. The molecule has 174 valence electrons. The van der Waals surface area contributed by atoms with Gasteiger partial charge < -0.3 is 14.1 Å². The Labute approximate surface area is 192 Å². The van der Waals surface area contributed by atoms with Gasteiger partial charge in [-0.3, -0.25) is 4.79 Å². The third-order valence-corrected chi connectivity index (χ3v) is 7.37. The van der Waals surface area contributed by atoms with Gasteiger partial charge in [-0.05, 0) is 50.5 Å². The number of pyridine rings is 2. The van der Waals surface area contributed by atoms with Gasteiger partial charge in [-0.2, -0.15) is 13.4 Å². The molecule has 1 saturated heterocycles. The minimum absolute atomic E-state index is 0.112. The lowest BCUT2D eigenvalue weighted by Crippen LogP contribution is -2.43. The highest BCUT2D eigenvalue weighted by molar-refractivity contribution is 7.90. The monoisotopic (exact) mass is 470 g/mol. The molecule has 1 aliphatic rings. The molecule has 3 aromatic heterocycles. The van der Waals surface area contributed by atoms with Crippen LogP contribution in [0, 0.1) is 5.92 Å². The van der Waals surface area contributed by atoms with Gasteiger partial charge in [0.05, 0.1) is 18.1 Å². The van der Waals surface area contributed by atoms with Crippen molar-refractivity contribution >= 4 is 21.7 Å². The summed E-state index contributed by atoms with van der Waals surface area (Å²) in [7, 11) is -4.24. The van der Waals surface area contributed by atoms with E-state index in [4.69, 9.17) is 9.15 Å². The van der Waals surface area contributed by atoms with Crippen LogP contribution in [0.3, 0.4) is 0 Å². The Kier molecular flexibility index (Phi) is 6.11. The van der Waals surface area contributed by atoms with E-state index in [2.05, 4.69) is 40.4 Å². The van der Waals surface area contributed by atoms with E-state index in [1.807, 2.05) is 0 Å². The van der Waals surface area contributed by atoms with Crippen LogP contribution < -0.4 is 14.4 Å². The SMILES string of the molecule is CC1CCN(c2ncccc2C(=O)NS(=O)(=O)c2cccc(OCc3ccoc3)n2)C1(C)C. The number of hydrogen-bond donors (Lipinski definition) is 1. The molecule has 1 N–H and O–H groups in total. The minimum atomic E-state index is -4.24. The maximum Gasteiger partial charge on any atom is 0.281 e. The van der Waals surface area contributed by atoms with E-state index in [-0.39, 0.29) is 28.6 Å². The van der Waals surface area contributed by atoms with E-state index in [1.54, 1.807) is 24.4 Å². The van der Waals surface area contributed by atoms with Crippen molar-refractivity contribution in [2.24, 2.45) is 5.92 Å². The van der Waals surface area contributed by atoms with Crippen LogP contribution in [0.25, 0.3) is 0 Å². The van der Waals surface area contributed by atoms with Crippen molar-refractivity contribution in [3.63, 3.8) is 0 Å². The molecule has 0 spiro atoms. The van der Waals surface area contributed by atoms with Gasteiger partial charge in [0.25, 0.3) is 15.9 Å². The molecular weight excluding hydrogens is 444 g/mol. The second-order valence-corrected chi connectivity index (χ2v) is 10.2. The van der Waals surface area contributed by atoms with Crippen LogP contribution >= 0.6 is 0 Å². The molecule has 4 rings (SSSR count). The van der Waals surface area contributed by atoms with Crippen molar-refractivity contribution in [2.45, 2.75) is 44.4 Å². The predicted molar refractivity (Wildman–Crippen MR) is 121 cm³/mol. The van der Waals surface area contributed by atoms with Crippen molar-refractivity contribution in [3.05, 3.63) is 66.2 Å². The number of sulfonamides is 1. The second kappa shape index (κ2) is 8.86. The third kappa shape index (κ3) is 4.70. The fourth-order valence-electron chi connectivity index (χ4n) is 3.79. The number of nitrogens with one attached hydrogen (secondary N) is 1. The van der Waals surface area contributed by atoms with Gasteiger partial charge in [0.1, 0.15) is 12.4 Å². The zero-order valence-electron chi connectivity index (χ0n) is 18.7. The Bertz CT molecular complexity index is 1240. The molecule has 0 aromatic carbocycles. The molecule has 0 radical (unpaired) electrons. The van der Waals surface area contributed by atoms with Crippen molar-refractivity contribution in [1.82, 2.24) is 14.7 Å². The highest BCUT2D eigenvalue weighted by Crippen LogP contribution is 2.38. The Balaban J connectivity index is 1.54. The molecule has 33 heavy (non-hydrogen) atoms.